The van der Waals surface area contributed by atoms with Crippen LogP contribution in [-0.4, -0.2) is 47.2 Å². The van der Waals surface area contributed by atoms with Crippen LogP contribution in [0.25, 0.3) is 0 Å². The minimum Gasteiger partial charge on any atom is -1.00 e. The fourth-order valence-corrected chi connectivity index (χ4v) is 4.10. The van der Waals surface area contributed by atoms with Crippen molar-refractivity contribution in [2.24, 2.45) is 0 Å². The zero-order valence-electron chi connectivity index (χ0n) is 26.7. The maximum atomic E-state index is 10.2. The van der Waals surface area contributed by atoms with Crippen LogP contribution in [0.4, 0.5) is 0 Å². The molecule has 0 spiro atoms. The molecular weight excluding hydrogens is 480 g/mol. The maximum Gasteiger partial charge on any atom is 0.0766 e. The summed E-state index contributed by atoms with van der Waals surface area (Å²) in [7, 11) is 8.82. The third kappa shape index (κ3) is 56.9. The molecule has 2 N–H and O–H groups in total. The van der Waals surface area contributed by atoms with E-state index in [-0.39, 0.29) is 18.8 Å². The Labute approximate surface area is 241 Å². The van der Waals surface area contributed by atoms with E-state index in [9.17, 15) is 9.90 Å². The van der Waals surface area contributed by atoms with Crippen LogP contribution in [0.3, 0.4) is 0 Å². The van der Waals surface area contributed by atoms with Gasteiger partial charge < -0.3 is 32.1 Å². The first kappa shape index (κ1) is 43.7. The summed E-state index contributed by atoms with van der Waals surface area (Å²) in [5.41, 5.74) is 0. The number of halogens is 1. The highest BCUT2D eigenvalue weighted by molar-refractivity contribution is 5.63. The molecule has 37 heavy (non-hydrogen) atoms. The number of carboxylic acids is 1. The van der Waals surface area contributed by atoms with Crippen molar-refractivity contribution in [2.75, 3.05) is 41.3 Å². The van der Waals surface area contributed by atoms with E-state index in [0.29, 0.717) is 0 Å². The zero-order valence-corrected chi connectivity index (χ0v) is 27.4. The van der Waals surface area contributed by atoms with E-state index in [0.717, 1.165) is 12.8 Å². The first-order valence-corrected chi connectivity index (χ1v) is 16.1. The number of rotatable bonds is 24. The summed E-state index contributed by atoms with van der Waals surface area (Å²) in [6, 6.07) is 0. The Kier molecular flexibility index (Phi) is 47.5. The van der Waals surface area contributed by atoms with E-state index in [1.807, 2.05) is 0 Å². The van der Waals surface area contributed by atoms with Crippen LogP contribution in [0.5, 0.6) is 0 Å². The molecule has 0 atom stereocenters. The van der Waals surface area contributed by atoms with E-state index in [1.165, 1.54) is 135 Å². The van der Waals surface area contributed by atoms with Gasteiger partial charge in [-0.05, 0) is 38.5 Å². The van der Waals surface area contributed by atoms with E-state index in [2.05, 4.69) is 49.0 Å². The topological polar surface area (TPSA) is 49.0 Å². The minimum atomic E-state index is -0.903. The molecule has 0 fully saturated rings. The lowest BCUT2D eigenvalue weighted by Crippen LogP contribution is -3.05. The summed E-state index contributed by atoms with van der Waals surface area (Å²) in [6.45, 7) is 9.40. The third-order valence-electron chi connectivity index (χ3n) is 6.55. The second-order valence-electron chi connectivity index (χ2n) is 11.4. The standard InChI is InChI=1S/C18H36O2.2C7H17N.ClH/c1-2-3-4-5-6-7-8-9-10-11-12-13-14-15-16-17-18(19)20;2*1-4-5-6-7-8(2)3;/h2-17H2,1H3,(H,19,20);2*4-7H2,1-3H3;1H. The molecule has 0 aliphatic rings. The van der Waals surface area contributed by atoms with Gasteiger partial charge in [0.2, 0.25) is 0 Å². The molecule has 0 aromatic carbocycles. The van der Waals surface area contributed by atoms with Gasteiger partial charge in [-0.25, -0.2) is 0 Å². The Balaban J connectivity index is -0.000000264. The highest BCUT2D eigenvalue weighted by Crippen LogP contribution is 2.13. The lowest BCUT2D eigenvalue weighted by Gasteiger charge is -2.04. The fourth-order valence-electron chi connectivity index (χ4n) is 4.10. The van der Waals surface area contributed by atoms with Gasteiger partial charge in [-0.2, -0.15) is 0 Å². The van der Waals surface area contributed by atoms with E-state index < -0.39 is 5.97 Å². The number of hydrogen-bond donors (Lipinski definition) is 2. The normalized spacial score (nSPS) is 10.4. The van der Waals surface area contributed by atoms with Crippen molar-refractivity contribution in [3.05, 3.63) is 0 Å². The Morgan fingerprint density at radius 3 is 0.946 bits per heavy atom. The number of hydrogen-bond acceptors (Lipinski definition) is 2. The molecule has 0 aliphatic carbocycles. The van der Waals surface area contributed by atoms with Gasteiger partial charge >= 0.3 is 0 Å². The molecule has 0 aliphatic heterocycles. The largest absolute Gasteiger partial charge is 1.00 e. The van der Waals surface area contributed by atoms with Gasteiger partial charge in [-0.1, -0.05) is 124 Å². The smallest absolute Gasteiger partial charge is 0.0766 e. The van der Waals surface area contributed by atoms with Crippen molar-refractivity contribution in [3.8, 4) is 0 Å². The predicted octanol–water partition coefficient (Wildman–Crippen LogP) is 2.64. The molecule has 0 saturated carbocycles. The average Bonchev–Trinajstić information content (AvgIpc) is 2.82. The monoisotopic (exact) mass is 551 g/mol. The average molecular weight is 551 g/mol. The quantitative estimate of drug-likeness (QED) is 0.182. The van der Waals surface area contributed by atoms with Crippen molar-refractivity contribution in [1.82, 2.24) is 0 Å². The highest BCUT2D eigenvalue weighted by atomic mass is 35.5. The number of carboxylic acid groups (broad SMARTS) is 1. The van der Waals surface area contributed by atoms with Crippen molar-refractivity contribution in [3.63, 3.8) is 0 Å². The highest BCUT2D eigenvalue weighted by Gasteiger charge is 1.95. The van der Waals surface area contributed by atoms with Crippen LogP contribution >= 0.6 is 0 Å². The second-order valence-corrected chi connectivity index (χ2v) is 11.4. The van der Waals surface area contributed by atoms with Gasteiger partial charge in [0.25, 0.3) is 0 Å². The summed E-state index contributed by atoms with van der Waals surface area (Å²) in [6.07, 6.45) is 28.1. The summed E-state index contributed by atoms with van der Waals surface area (Å²) in [5.74, 6) is -0.903. The van der Waals surface area contributed by atoms with Crippen LogP contribution < -0.4 is 27.3 Å². The predicted molar refractivity (Wildman–Crippen MR) is 159 cm³/mol. The minimum absolute atomic E-state index is 0. The molecule has 4 nitrogen and oxygen atoms in total. The lowest BCUT2D eigenvalue weighted by atomic mass is 10.0. The Morgan fingerprint density at radius 1 is 0.459 bits per heavy atom. The Hall–Kier alpha value is -0.320. The van der Waals surface area contributed by atoms with Crippen molar-refractivity contribution < 1.29 is 32.1 Å². The molecule has 5 heteroatoms. The van der Waals surface area contributed by atoms with Crippen LogP contribution in [0, 0.1) is 0 Å². The van der Waals surface area contributed by atoms with Gasteiger partial charge in [0.05, 0.1) is 41.3 Å². The van der Waals surface area contributed by atoms with Crippen molar-refractivity contribution >= 4 is 5.97 Å². The number of carbonyl (C=O) groups excluding carboxylic acids is 1. The van der Waals surface area contributed by atoms with Crippen molar-refractivity contribution in [2.45, 2.75) is 162 Å². The van der Waals surface area contributed by atoms with Gasteiger partial charge in [-0.3, -0.25) is 0 Å². The van der Waals surface area contributed by atoms with Crippen molar-refractivity contribution in [1.29, 1.82) is 0 Å². The van der Waals surface area contributed by atoms with E-state index in [1.54, 1.807) is 9.80 Å². The number of aliphatic carboxylic acids is 1. The molecular formula is C32H71ClN2O2. The fraction of sp³-hybridized carbons (Fsp3) is 0.969. The Morgan fingerprint density at radius 2 is 0.703 bits per heavy atom. The number of nitrogens with one attached hydrogen (secondary N) is 2. The molecule has 0 amide bonds. The van der Waals surface area contributed by atoms with Gasteiger partial charge in [0.15, 0.2) is 0 Å². The number of quaternary nitrogens is 2. The molecule has 0 aromatic rings. The molecule has 0 unspecified atom stereocenters. The molecule has 0 aromatic heterocycles. The summed E-state index contributed by atoms with van der Waals surface area (Å²) >= 11 is 0. The van der Waals surface area contributed by atoms with Gasteiger partial charge in [0, 0.05) is 5.97 Å². The second kappa shape index (κ2) is 40.2. The molecule has 0 bridgehead atoms. The van der Waals surface area contributed by atoms with Crippen LogP contribution in [-0.2, 0) is 4.79 Å². The first-order valence-electron chi connectivity index (χ1n) is 16.1. The molecule has 0 radical (unpaired) electrons. The molecule has 0 heterocycles. The number of carbonyl (C=O) groups is 1. The van der Waals surface area contributed by atoms with Gasteiger partial charge in [-0.15, -0.1) is 0 Å². The van der Waals surface area contributed by atoms with Gasteiger partial charge in [0.1, 0.15) is 0 Å². The SMILES string of the molecule is CCCCCCCCCCCCCCCCCC(=O)[O-].CCCCC[NH+](C)C.CCCCC[NH+](C)C.[Cl-]. The lowest BCUT2D eigenvalue weighted by molar-refractivity contribution is -0.858. The third-order valence-corrected chi connectivity index (χ3v) is 6.55. The Bertz CT molecular complexity index is 379. The maximum absolute atomic E-state index is 10.2. The summed E-state index contributed by atoms with van der Waals surface area (Å²) in [5, 5.41) is 10.2. The van der Waals surface area contributed by atoms with Crippen LogP contribution in [0.2, 0.25) is 0 Å². The molecule has 228 valence electrons. The molecule has 0 rings (SSSR count). The summed E-state index contributed by atoms with van der Waals surface area (Å²) < 4.78 is 0. The summed E-state index contributed by atoms with van der Waals surface area (Å²) in [4.78, 5) is 13.4. The first-order chi connectivity index (χ1) is 17.3. The molecule has 0 saturated heterocycles. The van der Waals surface area contributed by atoms with E-state index >= 15 is 0 Å². The van der Waals surface area contributed by atoms with Crippen LogP contribution in [0.1, 0.15) is 162 Å². The van der Waals surface area contributed by atoms with Crippen LogP contribution in [0.15, 0.2) is 0 Å². The van der Waals surface area contributed by atoms with E-state index in [4.69, 9.17) is 0 Å². The number of unbranched alkanes of at least 4 members (excludes halogenated alkanes) is 18. The zero-order chi connectivity index (χ0) is 27.7.